The van der Waals surface area contributed by atoms with Crippen LogP contribution in [0.5, 0.6) is 0 Å². The van der Waals surface area contributed by atoms with E-state index in [-0.39, 0.29) is 0 Å². The Morgan fingerprint density at radius 2 is 2.17 bits per heavy atom. The summed E-state index contributed by atoms with van der Waals surface area (Å²) in [6.45, 7) is 0. The van der Waals surface area contributed by atoms with E-state index in [1.165, 1.54) is 6.20 Å². The summed E-state index contributed by atoms with van der Waals surface area (Å²) in [6.07, 6.45) is 6.55. The van der Waals surface area contributed by atoms with E-state index in [1.807, 2.05) is 4.40 Å². The van der Waals surface area contributed by atoms with Gasteiger partial charge in [-0.2, -0.15) is 5.26 Å². The average molecular weight is 256 g/mol. The number of aromatic nitrogens is 4. The second-order valence-corrected chi connectivity index (χ2v) is 4.01. The van der Waals surface area contributed by atoms with Crippen molar-refractivity contribution in [2.45, 2.75) is 0 Å². The van der Waals surface area contributed by atoms with Crippen LogP contribution in [0.25, 0.3) is 17.0 Å². The van der Waals surface area contributed by atoms with Gasteiger partial charge in [0.1, 0.15) is 16.5 Å². The molecule has 3 aromatic rings. The van der Waals surface area contributed by atoms with E-state index in [0.717, 1.165) is 5.69 Å². The molecule has 0 saturated heterocycles. The van der Waals surface area contributed by atoms with Gasteiger partial charge in [0.05, 0.1) is 35.9 Å². The molecule has 3 aromatic heterocycles. The molecule has 0 saturated carbocycles. The van der Waals surface area contributed by atoms with E-state index in [4.69, 9.17) is 16.9 Å². The van der Waals surface area contributed by atoms with Gasteiger partial charge >= 0.3 is 0 Å². The summed E-state index contributed by atoms with van der Waals surface area (Å²) < 4.78 is 1.83. The number of nitrogens with zero attached hydrogens (tertiary/aromatic N) is 5. The lowest BCUT2D eigenvalue weighted by Crippen LogP contribution is -1.92. The molecule has 0 unspecified atom stereocenters. The molecule has 5 nitrogen and oxygen atoms in total. The van der Waals surface area contributed by atoms with E-state index >= 15 is 0 Å². The van der Waals surface area contributed by atoms with Gasteiger partial charge < -0.3 is 0 Å². The van der Waals surface area contributed by atoms with Crippen LogP contribution in [0.2, 0.25) is 5.15 Å². The predicted molar refractivity (Wildman–Crippen MR) is 65.9 cm³/mol. The van der Waals surface area contributed by atoms with Crippen molar-refractivity contribution in [1.29, 1.82) is 5.26 Å². The molecule has 0 aliphatic heterocycles. The fourth-order valence-electron chi connectivity index (χ4n) is 1.71. The lowest BCUT2D eigenvalue weighted by Gasteiger charge is -2.01. The molecule has 0 atom stereocenters. The lowest BCUT2D eigenvalue weighted by atomic mass is 10.3. The molecule has 0 aliphatic carbocycles. The second-order valence-electron chi connectivity index (χ2n) is 3.63. The van der Waals surface area contributed by atoms with Crippen LogP contribution in [0.1, 0.15) is 5.56 Å². The number of imidazole rings is 1. The van der Waals surface area contributed by atoms with Crippen LogP contribution in [-0.2, 0) is 0 Å². The Hall–Kier alpha value is -2.45. The molecule has 0 aliphatic rings. The van der Waals surface area contributed by atoms with Gasteiger partial charge in [0.25, 0.3) is 0 Å². The third kappa shape index (κ3) is 1.69. The Kier molecular flexibility index (Phi) is 2.43. The Labute approximate surface area is 107 Å². The van der Waals surface area contributed by atoms with Crippen LogP contribution in [0, 0.1) is 11.3 Å². The van der Waals surface area contributed by atoms with E-state index in [9.17, 15) is 0 Å². The Morgan fingerprint density at radius 1 is 1.28 bits per heavy atom. The summed E-state index contributed by atoms with van der Waals surface area (Å²) in [6, 6.07) is 5.50. The summed E-state index contributed by atoms with van der Waals surface area (Å²) in [5, 5.41) is 9.16. The quantitative estimate of drug-likeness (QED) is 0.669. The first-order chi connectivity index (χ1) is 8.78. The SMILES string of the molecule is N#Cc1ccn2c(-c3cncc(Cl)n3)cnc2c1. The zero-order chi connectivity index (χ0) is 12.5. The molecule has 18 heavy (non-hydrogen) atoms. The third-order valence-electron chi connectivity index (χ3n) is 2.51. The van der Waals surface area contributed by atoms with Crippen LogP contribution in [0.3, 0.4) is 0 Å². The van der Waals surface area contributed by atoms with Crippen molar-refractivity contribution in [2.24, 2.45) is 0 Å². The van der Waals surface area contributed by atoms with Crippen LogP contribution in [-0.4, -0.2) is 19.4 Å². The minimum Gasteiger partial charge on any atom is -0.298 e. The van der Waals surface area contributed by atoms with E-state index in [0.29, 0.717) is 22.1 Å². The molecule has 0 fully saturated rings. The van der Waals surface area contributed by atoms with Crippen molar-refractivity contribution in [3.63, 3.8) is 0 Å². The van der Waals surface area contributed by atoms with Crippen molar-refractivity contribution >= 4 is 17.2 Å². The number of hydrogen-bond donors (Lipinski definition) is 0. The summed E-state index contributed by atoms with van der Waals surface area (Å²) >= 11 is 5.81. The molecular formula is C12H6ClN5. The highest BCUT2D eigenvalue weighted by atomic mass is 35.5. The van der Waals surface area contributed by atoms with Gasteiger partial charge in [-0.15, -0.1) is 0 Å². The first kappa shape index (κ1) is 10.7. The molecular weight excluding hydrogens is 250 g/mol. The molecule has 3 rings (SSSR count). The zero-order valence-electron chi connectivity index (χ0n) is 9.08. The molecule has 0 bridgehead atoms. The minimum atomic E-state index is 0.330. The Morgan fingerprint density at radius 3 is 2.94 bits per heavy atom. The zero-order valence-corrected chi connectivity index (χ0v) is 9.83. The van der Waals surface area contributed by atoms with Crippen molar-refractivity contribution < 1.29 is 0 Å². The third-order valence-corrected chi connectivity index (χ3v) is 2.69. The maximum atomic E-state index is 8.83. The maximum absolute atomic E-state index is 8.83. The highest BCUT2D eigenvalue weighted by Gasteiger charge is 2.08. The molecule has 0 radical (unpaired) electrons. The number of nitriles is 1. The first-order valence-electron chi connectivity index (χ1n) is 5.13. The number of hydrogen-bond acceptors (Lipinski definition) is 4. The van der Waals surface area contributed by atoms with E-state index < -0.39 is 0 Å². The van der Waals surface area contributed by atoms with Gasteiger partial charge in [-0.25, -0.2) is 9.97 Å². The second kappa shape index (κ2) is 4.09. The maximum Gasteiger partial charge on any atom is 0.148 e. The van der Waals surface area contributed by atoms with Crippen LogP contribution in [0.15, 0.2) is 36.9 Å². The Bertz CT molecular complexity index is 771. The molecule has 0 spiro atoms. The summed E-state index contributed by atoms with van der Waals surface area (Å²) in [4.78, 5) is 12.4. The van der Waals surface area contributed by atoms with E-state index in [2.05, 4.69) is 21.0 Å². The van der Waals surface area contributed by atoms with Crippen LogP contribution in [0.4, 0.5) is 0 Å². The van der Waals surface area contributed by atoms with Gasteiger partial charge in [-0.05, 0) is 12.1 Å². The van der Waals surface area contributed by atoms with Gasteiger partial charge in [-0.3, -0.25) is 9.38 Å². The van der Waals surface area contributed by atoms with E-state index in [1.54, 1.807) is 30.7 Å². The highest BCUT2D eigenvalue weighted by molar-refractivity contribution is 6.29. The van der Waals surface area contributed by atoms with Crippen LogP contribution < -0.4 is 0 Å². The molecule has 0 N–H and O–H groups in total. The molecule has 0 amide bonds. The lowest BCUT2D eigenvalue weighted by molar-refractivity contribution is 1.13. The van der Waals surface area contributed by atoms with Crippen molar-refractivity contribution in [2.75, 3.05) is 0 Å². The molecule has 0 aromatic carbocycles. The summed E-state index contributed by atoms with van der Waals surface area (Å²) in [5.74, 6) is 0. The molecule has 6 heteroatoms. The fraction of sp³-hybridized carbons (Fsp3) is 0. The van der Waals surface area contributed by atoms with Crippen molar-refractivity contribution in [1.82, 2.24) is 19.4 Å². The Balaban J connectivity index is 2.22. The number of halogens is 1. The van der Waals surface area contributed by atoms with Gasteiger partial charge in [0.15, 0.2) is 0 Å². The first-order valence-corrected chi connectivity index (χ1v) is 5.51. The standard InChI is InChI=1S/C12H6ClN5/c13-11-7-15-5-9(17-11)10-6-16-12-3-8(4-14)1-2-18(10)12/h1-3,5-7H. The topological polar surface area (TPSA) is 66.9 Å². The summed E-state index contributed by atoms with van der Waals surface area (Å²) in [7, 11) is 0. The number of rotatable bonds is 1. The van der Waals surface area contributed by atoms with Gasteiger partial charge in [0.2, 0.25) is 0 Å². The average Bonchev–Trinajstić information content (AvgIpc) is 2.81. The van der Waals surface area contributed by atoms with Gasteiger partial charge in [0, 0.05) is 6.20 Å². The highest BCUT2D eigenvalue weighted by Crippen LogP contribution is 2.19. The number of pyridine rings is 1. The monoisotopic (exact) mass is 255 g/mol. The van der Waals surface area contributed by atoms with Crippen LogP contribution >= 0.6 is 11.6 Å². The largest absolute Gasteiger partial charge is 0.298 e. The molecule has 86 valence electrons. The smallest absolute Gasteiger partial charge is 0.148 e. The van der Waals surface area contributed by atoms with Crippen molar-refractivity contribution in [3.8, 4) is 17.5 Å². The summed E-state index contributed by atoms with van der Waals surface area (Å²) in [5.41, 5.74) is 2.67. The molecule has 3 heterocycles. The van der Waals surface area contributed by atoms with Crippen molar-refractivity contribution in [3.05, 3.63) is 47.6 Å². The number of fused-ring (bicyclic) bond motifs is 1. The normalized spacial score (nSPS) is 10.4. The predicted octanol–water partition coefficient (Wildman–Crippen LogP) is 2.32. The minimum absolute atomic E-state index is 0.330. The van der Waals surface area contributed by atoms with Gasteiger partial charge in [-0.1, -0.05) is 11.6 Å². The fourth-order valence-corrected chi connectivity index (χ4v) is 1.85.